The second kappa shape index (κ2) is 7.31. The zero-order valence-electron chi connectivity index (χ0n) is 12.9. The number of hydrazone groups is 1. The maximum absolute atomic E-state index is 11.9. The van der Waals surface area contributed by atoms with E-state index in [1.54, 1.807) is 6.21 Å². The number of carbonyl (C=O) groups excluding carboxylic acids is 1. The van der Waals surface area contributed by atoms with Gasteiger partial charge in [-0.3, -0.25) is 14.9 Å². The first-order valence-electron chi connectivity index (χ1n) is 7.15. The molecule has 0 heterocycles. The van der Waals surface area contributed by atoms with Crippen LogP contribution in [0.1, 0.15) is 41.3 Å². The van der Waals surface area contributed by atoms with Crippen LogP contribution in [0.4, 0.5) is 5.69 Å². The van der Waals surface area contributed by atoms with Crippen LogP contribution >= 0.6 is 0 Å². The number of nitrogens with one attached hydrogen (secondary N) is 1. The van der Waals surface area contributed by atoms with Gasteiger partial charge in [0.2, 0.25) is 0 Å². The van der Waals surface area contributed by atoms with E-state index in [4.69, 9.17) is 0 Å². The average Bonchev–Trinajstić information content (AvgIpc) is 2.55. The van der Waals surface area contributed by atoms with Gasteiger partial charge in [0, 0.05) is 17.7 Å². The Bertz CT molecular complexity index is 720. The number of benzene rings is 2. The zero-order valence-corrected chi connectivity index (χ0v) is 12.9. The van der Waals surface area contributed by atoms with Crippen molar-refractivity contribution < 1.29 is 9.72 Å². The molecule has 0 bridgehead atoms. The highest BCUT2D eigenvalue weighted by atomic mass is 16.6. The van der Waals surface area contributed by atoms with E-state index in [9.17, 15) is 14.9 Å². The van der Waals surface area contributed by atoms with Gasteiger partial charge < -0.3 is 0 Å². The third-order valence-electron chi connectivity index (χ3n) is 3.32. The molecule has 1 amide bonds. The van der Waals surface area contributed by atoms with Crippen molar-refractivity contribution >= 4 is 17.8 Å². The Morgan fingerprint density at radius 2 is 1.74 bits per heavy atom. The van der Waals surface area contributed by atoms with Crippen molar-refractivity contribution in [3.05, 3.63) is 75.3 Å². The molecule has 0 fully saturated rings. The van der Waals surface area contributed by atoms with Crippen LogP contribution < -0.4 is 5.43 Å². The van der Waals surface area contributed by atoms with E-state index in [0.717, 1.165) is 5.56 Å². The van der Waals surface area contributed by atoms with Crippen molar-refractivity contribution in [2.75, 3.05) is 0 Å². The van der Waals surface area contributed by atoms with Crippen molar-refractivity contribution in [3.8, 4) is 0 Å². The molecule has 0 saturated carbocycles. The van der Waals surface area contributed by atoms with Crippen LogP contribution in [-0.4, -0.2) is 17.0 Å². The van der Waals surface area contributed by atoms with Gasteiger partial charge in [0.05, 0.1) is 11.1 Å². The lowest BCUT2D eigenvalue weighted by Gasteiger charge is -2.04. The Hall–Kier alpha value is -3.02. The number of carbonyl (C=O) groups is 1. The molecular weight excluding hydrogens is 294 g/mol. The average molecular weight is 311 g/mol. The molecule has 6 nitrogen and oxygen atoms in total. The molecule has 23 heavy (non-hydrogen) atoms. The number of rotatable bonds is 5. The third-order valence-corrected chi connectivity index (χ3v) is 3.32. The summed E-state index contributed by atoms with van der Waals surface area (Å²) in [6.07, 6.45) is 1.55. The van der Waals surface area contributed by atoms with Gasteiger partial charge >= 0.3 is 0 Å². The largest absolute Gasteiger partial charge is 0.271 e. The van der Waals surface area contributed by atoms with E-state index in [2.05, 4.69) is 24.4 Å². The molecule has 2 rings (SSSR count). The molecule has 1 N–H and O–H groups in total. The van der Waals surface area contributed by atoms with Gasteiger partial charge in [-0.1, -0.05) is 38.1 Å². The molecule has 2 aromatic rings. The highest BCUT2D eigenvalue weighted by Crippen LogP contribution is 2.14. The van der Waals surface area contributed by atoms with Gasteiger partial charge in [-0.05, 0) is 29.2 Å². The Balaban J connectivity index is 1.96. The van der Waals surface area contributed by atoms with E-state index in [-0.39, 0.29) is 5.69 Å². The van der Waals surface area contributed by atoms with E-state index < -0.39 is 10.8 Å². The Kier molecular flexibility index (Phi) is 5.19. The van der Waals surface area contributed by atoms with Crippen LogP contribution in [0, 0.1) is 10.1 Å². The fourth-order valence-electron chi connectivity index (χ4n) is 1.93. The molecule has 0 aromatic heterocycles. The van der Waals surface area contributed by atoms with E-state index >= 15 is 0 Å². The first kappa shape index (κ1) is 16.4. The lowest BCUT2D eigenvalue weighted by atomic mass is 10.0. The van der Waals surface area contributed by atoms with Gasteiger partial charge in [-0.15, -0.1) is 0 Å². The molecule has 118 valence electrons. The lowest BCUT2D eigenvalue weighted by molar-refractivity contribution is -0.384. The summed E-state index contributed by atoms with van der Waals surface area (Å²) in [5, 5.41) is 14.4. The Morgan fingerprint density at radius 1 is 1.13 bits per heavy atom. The third kappa shape index (κ3) is 4.47. The molecular formula is C17H17N3O3. The zero-order chi connectivity index (χ0) is 16.8. The highest BCUT2D eigenvalue weighted by molar-refractivity contribution is 5.95. The fourth-order valence-corrected chi connectivity index (χ4v) is 1.93. The van der Waals surface area contributed by atoms with Gasteiger partial charge in [-0.2, -0.15) is 5.10 Å². The first-order valence-corrected chi connectivity index (χ1v) is 7.15. The van der Waals surface area contributed by atoms with Gasteiger partial charge in [0.15, 0.2) is 0 Å². The normalized spacial score (nSPS) is 10.9. The number of amides is 1. The van der Waals surface area contributed by atoms with E-state index in [1.165, 1.54) is 29.8 Å². The van der Waals surface area contributed by atoms with E-state index in [0.29, 0.717) is 11.5 Å². The van der Waals surface area contributed by atoms with Gasteiger partial charge in [0.1, 0.15) is 0 Å². The SMILES string of the molecule is CC(C)c1ccc(C=NNC(=O)c2ccc([N+](=O)[O-])cc2)cc1. The van der Waals surface area contributed by atoms with Crippen molar-refractivity contribution in [1.82, 2.24) is 5.43 Å². The molecule has 0 aliphatic carbocycles. The van der Waals surface area contributed by atoms with E-state index in [1.807, 2.05) is 24.3 Å². The number of non-ortho nitro benzene ring substituents is 1. The summed E-state index contributed by atoms with van der Waals surface area (Å²) >= 11 is 0. The Labute approximate surface area is 134 Å². The molecule has 0 unspecified atom stereocenters. The van der Waals surface area contributed by atoms with Crippen molar-refractivity contribution in [3.63, 3.8) is 0 Å². The van der Waals surface area contributed by atoms with Gasteiger partial charge in [0.25, 0.3) is 11.6 Å². The summed E-state index contributed by atoms with van der Waals surface area (Å²) in [5.41, 5.74) is 4.75. The number of hydrogen-bond acceptors (Lipinski definition) is 4. The van der Waals surface area contributed by atoms with Crippen LogP contribution in [0.15, 0.2) is 53.6 Å². The second-order valence-corrected chi connectivity index (χ2v) is 5.32. The second-order valence-electron chi connectivity index (χ2n) is 5.32. The fraction of sp³-hybridized carbons (Fsp3) is 0.176. The quantitative estimate of drug-likeness (QED) is 0.521. The lowest BCUT2D eigenvalue weighted by Crippen LogP contribution is -2.17. The van der Waals surface area contributed by atoms with Crippen LogP contribution in [0.3, 0.4) is 0 Å². The topological polar surface area (TPSA) is 84.6 Å². The molecule has 0 saturated heterocycles. The van der Waals surface area contributed by atoms with Gasteiger partial charge in [-0.25, -0.2) is 5.43 Å². The molecule has 0 radical (unpaired) electrons. The summed E-state index contributed by atoms with van der Waals surface area (Å²) in [7, 11) is 0. The summed E-state index contributed by atoms with van der Waals surface area (Å²) in [6.45, 7) is 4.24. The Morgan fingerprint density at radius 3 is 2.26 bits per heavy atom. The summed E-state index contributed by atoms with van der Waals surface area (Å²) in [4.78, 5) is 21.9. The maximum Gasteiger partial charge on any atom is 0.271 e. The van der Waals surface area contributed by atoms with Crippen LogP contribution in [0.5, 0.6) is 0 Å². The number of nitro benzene ring substituents is 1. The minimum absolute atomic E-state index is 0.0599. The van der Waals surface area contributed by atoms with Crippen molar-refractivity contribution in [2.45, 2.75) is 19.8 Å². The predicted octanol–water partition coefficient (Wildman–Crippen LogP) is 3.48. The summed E-state index contributed by atoms with van der Waals surface area (Å²) in [6, 6.07) is 13.2. The van der Waals surface area contributed by atoms with Crippen molar-refractivity contribution in [2.24, 2.45) is 5.10 Å². The van der Waals surface area contributed by atoms with Crippen molar-refractivity contribution in [1.29, 1.82) is 0 Å². The minimum atomic E-state index is -0.513. The van der Waals surface area contributed by atoms with Crippen LogP contribution in [0.25, 0.3) is 0 Å². The number of hydrogen-bond donors (Lipinski definition) is 1. The molecule has 0 spiro atoms. The standard InChI is InChI=1S/C17H17N3O3/c1-12(2)14-5-3-13(4-6-14)11-18-19-17(21)15-7-9-16(10-8-15)20(22)23/h3-12H,1-2H3,(H,19,21). The van der Waals surface area contributed by atoms with Crippen LogP contribution in [-0.2, 0) is 0 Å². The molecule has 2 aromatic carbocycles. The maximum atomic E-state index is 11.9. The monoisotopic (exact) mass is 311 g/mol. The number of nitrogens with zero attached hydrogens (tertiary/aromatic N) is 2. The predicted molar refractivity (Wildman–Crippen MR) is 88.7 cm³/mol. The highest BCUT2D eigenvalue weighted by Gasteiger charge is 2.08. The first-order chi connectivity index (χ1) is 11.0. The smallest absolute Gasteiger partial charge is 0.267 e. The molecule has 0 aliphatic heterocycles. The molecule has 0 atom stereocenters. The molecule has 0 aliphatic rings. The summed E-state index contributed by atoms with van der Waals surface area (Å²) < 4.78 is 0. The van der Waals surface area contributed by atoms with Crippen LogP contribution in [0.2, 0.25) is 0 Å². The summed E-state index contributed by atoms with van der Waals surface area (Å²) in [5.74, 6) is 0.0396. The number of nitro groups is 1. The minimum Gasteiger partial charge on any atom is -0.267 e. The molecule has 6 heteroatoms.